The Morgan fingerprint density at radius 3 is 2.53 bits per heavy atom. The van der Waals surface area contributed by atoms with Crippen LogP contribution in [0.1, 0.15) is 21.6 Å². The summed E-state index contributed by atoms with van der Waals surface area (Å²) in [6.45, 7) is 1.84. The highest BCUT2D eigenvalue weighted by Crippen LogP contribution is 2.18. The van der Waals surface area contributed by atoms with E-state index in [9.17, 15) is 9.18 Å². The minimum absolute atomic E-state index is 0.0593. The van der Waals surface area contributed by atoms with Gasteiger partial charge in [0.1, 0.15) is 5.82 Å². The smallest absolute Gasteiger partial charge is 0.194 e. The van der Waals surface area contributed by atoms with Crippen molar-refractivity contribution in [2.75, 3.05) is 0 Å². The van der Waals surface area contributed by atoms with E-state index in [1.807, 2.05) is 6.92 Å². The van der Waals surface area contributed by atoms with E-state index in [-0.39, 0.29) is 10.8 Å². The van der Waals surface area contributed by atoms with Crippen molar-refractivity contribution in [1.29, 1.82) is 0 Å². The lowest BCUT2D eigenvalue weighted by molar-refractivity contribution is 0.103. The van der Waals surface area contributed by atoms with E-state index < -0.39 is 5.82 Å². The lowest BCUT2D eigenvalue weighted by atomic mass is 10.0. The van der Waals surface area contributed by atoms with Crippen LogP contribution in [-0.2, 0) is 0 Å². The van der Waals surface area contributed by atoms with E-state index in [1.165, 1.54) is 24.4 Å². The maximum Gasteiger partial charge on any atom is 0.194 e. The quantitative estimate of drug-likeness (QED) is 0.764. The van der Waals surface area contributed by atoms with Gasteiger partial charge in [-0.15, -0.1) is 0 Å². The first kappa shape index (κ1) is 11.7. The van der Waals surface area contributed by atoms with Crippen molar-refractivity contribution in [3.05, 3.63) is 64.2 Å². The second kappa shape index (κ2) is 4.63. The van der Waals surface area contributed by atoms with Crippen LogP contribution in [0, 0.1) is 12.7 Å². The Balaban J connectivity index is 2.37. The molecule has 0 N–H and O–H groups in total. The molecule has 0 atom stereocenters. The van der Waals surface area contributed by atoms with Crippen LogP contribution in [0.3, 0.4) is 0 Å². The van der Waals surface area contributed by atoms with Gasteiger partial charge in [0.15, 0.2) is 5.78 Å². The Kier molecular flexibility index (Phi) is 3.20. The zero-order chi connectivity index (χ0) is 12.4. The normalized spacial score (nSPS) is 10.3. The predicted octanol–water partition coefficient (Wildman–Crippen LogP) is 3.41. The molecule has 1 heterocycles. The maximum absolute atomic E-state index is 13.0. The van der Waals surface area contributed by atoms with Crippen LogP contribution in [0.4, 0.5) is 4.39 Å². The molecule has 0 aliphatic carbocycles. The third-order valence-electron chi connectivity index (χ3n) is 2.36. The molecule has 86 valence electrons. The Morgan fingerprint density at radius 1 is 1.24 bits per heavy atom. The lowest BCUT2D eigenvalue weighted by Crippen LogP contribution is -2.02. The number of hydrogen-bond acceptors (Lipinski definition) is 2. The van der Waals surface area contributed by atoms with Gasteiger partial charge in [-0.1, -0.05) is 11.6 Å². The predicted molar refractivity (Wildman–Crippen MR) is 63.8 cm³/mol. The lowest BCUT2D eigenvalue weighted by Gasteiger charge is -2.02. The van der Waals surface area contributed by atoms with Crippen LogP contribution < -0.4 is 0 Å². The van der Waals surface area contributed by atoms with E-state index in [2.05, 4.69) is 4.98 Å². The minimum atomic E-state index is -0.537. The topological polar surface area (TPSA) is 30.0 Å². The number of ketones is 1. The van der Waals surface area contributed by atoms with Crippen LogP contribution in [0.25, 0.3) is 0 Å². The number of carbonyl (C=O) groups excluding carboxylic acids is 1. The van der Waals surface area contributed by atoms with Crippen molar-refractivity contribution in [3.63, 3.8) is 0 Å². The molecule has 0 spiro atoms. The first-order valence-corrected chi connectivity index (χ1v) is 5.38. The molecule has 0 amide bonds. The Hall–Kier alpha value is -1.74. The van der Waals surface area contributed by atoms with Crippen LogP contribution in [-0.4, -0.2) is 10.8 Å². The highest BCUT2D eigenvalue weighted by atomic mass is 35.5. The van der Waals surface area contributed by atoms with Crippen LogP contribution in [0.2, 0.25) is 5.02 Å². The van der Waals surface area contributed by atoms with Crippen molar-refractivity contribution in [1.82, 2.24) is 4.98 Å². The van der Waals surface area contributed by atoms with E-state index in [4.69, 9.17) is 11.6 Å². The monoisotopic (exact) mass is 249 g/mol. The number of benzene rings is 1. The summed E-state index contributed by atoms with van der Waals surface area (Å²) in [5.74, 6) is -0.760. The molecular weight excluding hydrogens is 241 g/mol. The van der Waals surface area contributed by atoms with Crippen molar-refractivity contribution in [2.24, 2.45) is 0 Å². The van der Waals surface area contributed by atoms with E-state index in [0.717, 1.165) is 5.69 Å². The summed E-state index contributed by atoms with van der Waals surface area (Å²) in [7, 11) is 0. The molecule has 0 aliphatic heterocycles. The fourth-order valence-corrected chi connectivity index (χ4v) is 1.59. The van der Waals surface area contributed by atoms with Gasteiger partial charge in [0.2, 0.25) is 0 Å². The molecule has 0 saturated heterocycles. The average Bonchev–Trinajstić information content (AvgIpc) is 2.33. The third kappa shape index (κ3) is 2.50. The standard InChI is InChI=1S/C13H9ClFNO/c1-8-2-3-10(7-16-8)13(17)9-4-5-12(15)11(14)6-9/h2-7H,1H3. The number of rotatable bonds is 2. The number of halogens is 2. The molecule has 4 heteroatoms. The average molecular weight is 250 g/mol. The van der Waals surface area contributed by atoms with Crippen molar-refractivity contribution < 1.29 is 9.18 Å². The fraction of sp³-hybridized carbons (Fsp3) is 0.0769. The van der Waals surface area contributed by atoms with Crippen LogP contribution in [0.5, 0.6) is 0 Å². The molecule has 0 unspecified atom stereocenters. The van der Waals surface area contributed by atoms with Gasteiger partial charge < -0.3 is 0 Å². The SMILES string of the molecule is Cc1ccc(C(=O)c2ccc(F)c(Cl)c2)cn1. The summed E-state index contributed by atoms with van der Waals surface area (Å²) in [6.07, 6.45) is 1.49. The Bertz CT molecular complexity index is 566. The number of carbonyl (C=O) groups is 1. The first-order valence-electron chi connectivity index (χ1n) is 5.00. The van der Waals surface area contributed by atoms with Gasteiger partial charge in [0.05, 0.1) is 5.02 Å². The van der Waals surface area contributed by atoms with Gasteiger partial charge >= 0.3 is 0 Å². The van der Waals surface area contributed by atoms with Gasteiger partial charge in [-0.05, 0) is 37.3 Å². The van der Waals surface area contributed by atoms with Crippen molar-refractivity contribution in [2.45, 2.75) is 6.92 Å². The Labute approximate surface area is 103 Å². The highest BCUT2D eigenvalue weighted by Gasteiger charge is 2.11. The van der Waals surface area contributed by atoms with Gasteiger partial charge in [-0.25, -0.2) is 4.39 Å². The summed E-state index contributed by atoms with van der Waals surface area (Å²) >= 11 is 5.63. The van der Waals surface area contributed by atoms with Gasteiger partial charge in [0, 0.05) is 23.0 Å². The Morgan fingerprint density at radius 2 is 1.94 bits per heavy atom. The number of aryl methyl sites for hydroxylation is 1. The molecule has 2 nitrogen and oxygen atoms in total. The molecule has 1 aromatic carbocycles. The highest BCUT2D eigenvalue weighted by molar-refractivity contribution is 6.31. The van der Waals surface area contributed by atoms with Gasteiger partial charge in [-0.2, -0.15) is 0 Å². The largest absolute Gasteiger partial charge is 0.289 e. The summed E-state index contributed by atoms with van der Waals surface area (Å²) in [5, 5.41) is -0.0593. The summed E-state index contributed by atoms with van der Waals surface area (Å²) < 4.78 is 13.0. The molecule has 1 aromatic heterocycles. The molecule has 0 saturated carbocycles. The molecule has 2 rings (SSSR count). The van der Waals surface area contributed by atoms with Crippen molar-refractivity contribution in [3.8, 4) is 0 Å². The van der Waals surface area contributed by atoms with Crippen LogP contribution in [0.15, 0.2) is 36.5 Å². The molecular formula is C13H9ClFNO. The number of nitrogens with zero attached hydrogens (tertiary/aromatic N) is 1. The molecule has 2 aromatic rings. The third-order valence-corrected chi connectivity index (χ3v) is 2.64. The minimum Gasteiger partial charge on any atom is -0.289 e. The molecule has 17 heavy (non-hydrogen) atoms. The molecule has 0 radical (unpaired) electrons. The summed E-state index contributed by atoms with van der Waals surface area (Å²) in [5.41, 5.74) is 1.64. The van der Waals surface area contributed by atoms with Gasteiger partial charge in [0.25, 0.3) is 0 Å². The van der Waals surface area contributed by atoms with E-state index in [1.54, 1.807) is 12.1 Å². The van der Waals surface area contributed by atoms with E-state index >= 15 is 0 Å². The first-order chi connectivity index (χ1) is 8.08. The van der Waals surface area contributed by atoms with Crippen LogP contribution >= 0.6 is 11.6 Å². The number of pyridine rings is 1. The number of hydrogen-bond donors (Lipinski definition) is 0. The fourth-order valence-electron chi connectivity index (χ4n) is 1.41. The maximum atomic E-state index is 13.0. The summed E-state index contributed by atoms with van der Waals surface area (Å²) in [6, 6.07) is 7.33. The second-order valence-corrected chi connectivity index (χ2v) is 4.05. The molecule has 0 fully saturated rings. The number of aromatic nitrogens is 1. The zero-order valence-corrected chi connectivity index (χ0v) is 9.83. The van der Waals surface area contributed by atoms with Crippen molar-refractivity contribution >= 4 is 17.4 Å². The van der Waals surface area contributed by atoms with E-state index in [0.29, 0.717) is 11.1 Å². The second-order valence-electron chi connectivity index (χ2n) is 3.65. The van der Waals surface area contributed by atoms with Gasteiger partial charge in [-0.3, -0.25) is 9.78 Å². The molecule has 0 aliphatic rings. The molecule has 0 bridgehead atoms. The summed E-state index contributed by atoms with van der Waals surface area (Å²) in [4.78, 5) is 16.0. The zero-order valence-electron chi connectivity index (χ0n) is 9.08.